The lowest BCUT2D eigenvalue weighted by atomic mass is 10.1. The average molecular weight is 321 g/mol. The van der Waals surface area contributed by atoms with Crippen molar-refractivity contribution in [3.63, 3.8) is 0 Å². The molecular formula is C8H8Cl3NO6. The molecule has 0 aliphatic heterocycles. The number of carboxylic acids is 3. The molecule has 1 aromatic rings. The van der Waals surface area contributed by atoms with E-state index >= 15 is 0 Å². The van der Waals surface area contributed by atoms with E-state index in [0.29, 0.717) is 0 Å². The first kappa shape index (κ1) is 21.7. The first-order chi connectivity index (χ1) is 6.93. The van der Waals surface area contributed by atoms with Crippen molar-refractivity contribution in [3.05, 3.63) is 29.1 Å². The maximum Gasteiger partial charge on any atom is 0.355 e. The lowest BCUT2D eigenvalue weighted by Gasteiger charge is -2.01. The van der Waals surface area contributed by atoms with E-state index in [4.69, 9.17) is 15.3 Å². The van der Waals surface area contributed by atoms with Gasteiger partial charge in [-0.05, 0) is 12.1 Å². The van der Waals surface area contributed by atoms with Crippen LogP contribution < -0.4 is 0 Å². The van der Waals surface area contributed by atoms with Gasteiger partial charge in [0.25, 0.3) is 0 Å². The lowest BCUT2D eigenvalue weighted by molar-refractivity contribution is 0.0641. The van der Waals surface area contributed by atoms with E-state index in [0.717, 1.165) is 12.1 Å². The van der Waals surface area contributed by atoms with Gasteiger partial charge in [0.05, 0.1) is 5.56 Å². The van der Waals surface area contributed by atoms with Gasteiger partial charge < -0.3 is 15.3 Å². The van der Waals surface area contributed by atoms with Crippen LogP contribution in [0.3, 0.4) is 0 Å². The fourth-order valence-electron chi connectivity index (χ4n) is 0.914. The minimum atomic E-state index is -1.59. The van der Waals surface area contributed by atoms with Gasteiger partial charge >= 0.3 is 17.9 Å². The Kier molecular flexibility index (Phi) is 10.3. The number of rotatable bonds is 3. The number of pyridine rings is 1. The highest BCUT2D eigenvalue weighted by atomic mass is 35.5. The molecule has 1 heterocycles. The van der Waals surface area contributed by atoms with Gasteiger partial charge in [-0.2, -0.15) is 0 Å². The summed E-state index contributed by atoms with van der Waals surface area (Å²) in [5.41, 5.74) is -1.85. The van der Waals surface area contributed by atoms with E-state index in [9.17, 15) is 14.4 Å². The first-order valence-corrected chi connectivity index (χ1v) is 3.64. The summed E-state index contributed by atoms with van der Waals surface area (Å²) in [5.74, 6) is -4.48. The summed E-state index contributed by atoms with van der Waals surface area (Å²) in [4.78, 5) is 34.8. The Morgan fingerprint density at radius 1 is 0.833 bits per heavy atom. The maximum absolute atomic E-state index is 10.6. The monoisotopic (exact) mass is 319 g/mol. The van der Waals surface area contributed by atoms with Crippen molar-refractivity contribution in [2.45, 2.75) is 0 Å². The predicted octanol–water partition coefficient (Wildman–Crippen LogP) is 1.44. The third-order valence-electron chi connectivity index (χ3n) is 1.55. The summed E-state index contributed by atoms with van der Waals surface area (Å²) in [7, 11) is 0. The quantitative estimate of drug-likeness (QED) is 0.769. The Hall–Kier alpha value is -1.57. The predicted molar refractivity (Wildman–Crippen MR) is 66.9 cm³/mol. The van der Waals surface area contributed by atoms with Gasteiger partial charge in [0.2, 0.25) is 0 Å². The zero-order valence-corrected chi connectivity index (χ0v) is 10.8. The third kappa shape index (κ3) is 4.74. The highest BCUT2D eigenvalue weighted by molar-refractivity contribution is 6.01. The number of carbonyl (C=O) groups is 3. The highest BCUT2D eigenvalue weighted by Crippen LogP contribution is 2.08. The summed E-state index contributed by atoms with van der Waals surface area (Å²) < 4.78 is 0. The van der Waals surface area contributed by atoms with Gasteiger partial charge in [0.15, 0.2) is 5.69 Å². The molecule has 0 aliphatic carbocycles. The third-order valence-corrected chi connectivity index (χ3v) is 1.55. The van der Waals surface area contributed by atoms with Crippen molar-refractivity contribution in [1.82, 2.24) is 4.98 Å². The number of hydrogen-bond acceptors (Lipinski definition) is 4. The molecule has 0 atom stereocenters. The second-order valence-corrected chi connectivity index (χ2v) is 2.51. The van der Waals surface area contributed by atoms with Crippen LogP contribution in [0.25, 0.3) is 0 Å². The van der Waals surface area contributed by atoms with Crippen LogP contribution in [-0.2, 0) is 0 Å². The normalized spacial score (nSPS) is 8.00. The van der Waals surface area contributed by atoms with Gasteiger partial charge in [-0.25, -0.2) is 19.4 Å². The van der Waals surface area contributed by atoms with Gasteiger partial charge in [0.1, 0.15) is 5.69 Å². The number of aromatic carboxylic acids is 3. The van der Waals surface area contributed by atoms with E-state index in [1.54, 1.807) is 0 Å². The molecule has 1 aromatic heterocycles. The topological polar surface area (TPSA) is 125 Å². The highest BCUT2D eigenvalue weighted by Gasteiger charge is 2.19. The number of nitrogens with zero attached hydrogens (tertiary/aromatic N) is 1. The molecule has 3 N–H and O–H groups in total. The van der Waals surface area contributed by atoms with Crippen molar-refractivity contribution in [2.24, 2.45) is 0 Å². The smallest absolute Gasteiger partial charge is 0.355 e. The van der Waals surface area contributed by atoms with E-state index in [-0.39, 0.29) is 37.2 Å². The Balaban J connectivity index is -0.000000750. The second-order valence-electron chi connectivity index (χ2n) is 2.51. The van der Waals surface area contributed by atoms with Crippen LogP contribution in [0.2, 0.25) is 0 Å². The summed E-state index contributed by atoms with van der Waals surface area (Å²) in [6.45, 7) is 0. The molecule has 0 amide bonds. The van der Waals surface area contributed by atoms with Crippen LogP contribution in [0.15, 0.2) is 12.1 Å². The minimum Gasteiger partial charge on any atom is -0.478 e. The molecule has 18 heavy (non-hydrogen) atoms. The van der Waals surface area contributed by atoms with Crippen molar-refractivity contribution in [1.29, 1.82) is 0 Å². The fraction of sp³-hybridized carbons (Fsp3) is 0. The molecule has 7 nitrogen and oxygen atoms in total. The first-order valence-electron chi connectivity index (χ1n) is 3.64. The molecule has 0 spiro atoms. The SMILES string of the molecule is Cl.Cl.Cl.O=C(O)c1ccc(C(=O)O)c(C(=O)O)n1. The van der Waals surface area contributed by atoms with E-state index in [1.165, 1.54) is 0 Å². The summed E-state index contributed by atoms with van der Waals surface area (Å²) >= 11 is 0. The zero-order valence-electron chi connectivity index (χ0n) is 8.39. The molecule has 0 unspecified atom stereocenters. The Labute approximate surface area is 119 Å². The van der Waals surface area contributed by atoms with Crippen molar-refractivity contribution < 1.29 is 29.7 Å². The largest absolute Gasteiger partial charge is 0.478 e. The molecule has 0 saturated carbocycles. The van der Waals surface area contributed by atoms with Gasteiger partial charge in [-0.1, -0.05) is 0 Å². The zero-order chi connectivity index (χ0) is 11.6. The molecule has 10 heteroatoms. The Morgan fingerprint density at radius 2 is 1.33 bits per heavy atom. The molecule has 0 radical (unpaired) electrons. The van der Waals surface area contributed by atoms with Crippen molar-refractivity contribution >= 4 is 55.1 Å². The van der Waals surface area contributed by atoms with Crippen molar-refractivity contribution in [2.75, 3.05) is 0 Å². The molecule has 0 aliphatic rings. The molecular weight excluding hydrogens is 312 g/mol. The minimum absolute atomic E-state index is 0. The number of carboxylic acid groups (broad SMARTS) is 3. The van der Waals surface area contributed by atoms with Gasteiger partial charge in [-0.15, -0.1) is 37.2 Å². The Morgan fingerprint density at radius 3 is 1.67 bits per heavy atom. The molecule has 0 fully saturated rings. The van der Waals surface area contributed by atoms with Crippen molar-refractivity contribution in [3.8, 4) is 0 Å². The molecule has 1 rings (SSSR count). The Bertz CT molecular complexity index is 464. The molecule has 0 bridgehead atoms. The average Bonchev–Trinajstić information content (AvgIpc) is 2.16. The number of aromatic nitrogens is 1. The van der Waals surface area contributed by atoms with Crippen LogP contribution in [0.1, 0.15) is 31.3 Å². The summed E-state index contributed by atoms with van der Waals surface area (Å²) in [6, 6.07) is 1.82. The maximum atomic E-state index is 10.6. The van der Waals surface area contributed by atoms with E-state index in [2.05, 4.69) is 4.98 Å². The van der Waals surface area contributed by atoms with Gasteiger partial charge in [-0.3, -0.25) is 0 Å². The van der Waals surface area contributed by atoms with Crippen LogP contribution in [0, 0.1) is 0 Å². The molecule has 0 saturated heterocycles. The van der Waals surface area contributed by atoms with Gasteiger partial charge in [0, 0.05) is 0 Å². The second kappa shape index (κ2) is 8.51. The molecule has 102 valence electrons. The van der Waals surface area contributed by atoms with Crippen LogP contribution >= 0.6 is 37.2 Å². The molecule has 0 aromatic carbocycles. The van der Waals surface area contributed by atoms with Crippen LogP contribution in [-0.4, -0.2) is 38.2 Å². The fourth-order valence-corrected chi connectivity index (χ4v) is 0.914. The number of halogens is 3. The number of hydrogen-bond donors (Lipinski definition) is 3. The standard InChI is InChI=1S/C8H5NO6.3ClH/c10-6(11)3-1-2-4(7(12)13)9-5(3)8(14)15;;;/h1-2H,(H,10,11)(H,12,13)(H,14,15);3*1H. The summed E-state index contributed by atoms with van der Waals surface area (Å²) in [6.07, 6.45) is 0. The van der Waals surface area contributed by atoms with E-state index < -0.39 is 34.9 Å². The van der Waals surface area contributed by atoms with E-state index in [1.807, 2.05) is 0 Å². The van der Waals surface area contributed by atoms with Crippen LogP contribution in [0.5, 0.6) is 0 Å². The summed E-state index contributed by atoms with van der Waals surface area (Å²) in [5, 5.41) is 25.7. The van der Waals surface area contributed by atoms with Crippen LogP contribution in [0.4, 0.5) is 0 Å². The lowest BCUT2D eigenvalue weighted by Crippen LogP contribution is -2.13.